The van der Waals surface area contributed by atoms with Crippen LogP contribution in [0.15, 0.2) is 9.93 Å². The predicted molar refractivity (Wildman–Crippen MR) is 107 cm³/mol. The fraction of sp³-hybridized carbons (Fsp3) is 0.765. The Hall–Kier alpha value is -0.443. The molecule has 0 aliphatic carbocycles. The van der Waals surface area contributed by atoms with Crippen LogP contribution in [0.1, 0.15) is 41.0 Å². The lowest BCUT2D eigenvalue weighted by atomic mass is 9.92. The van der Waals surface area contributed by atoms with Crippen molar-refractivity contribution in [3.63, 3.8) is 0 Å². The van der Waals surface area contributed by atoms with Gasteiger partial charge in [0.25, 0.3) is 0 Å². The van der Waals surface area contributed by atoms with Crippen LogP contribution in [0.2, 0.25) is 18.1 Å². The van der Waals surface area contributed by atoms with Crippen molar-refractivity contribution < 1.29 is 19.1 Å². The van der Waals surface area contributed by atoms with Crippen molar-refractivity contribution in [3.8, 4) is 0 Å². The van der Waals surface area contributed by atoms with Crippen molar-refractivity contribution >= 4 is 43.7 Å². The molecular formula is C17H29NO4S2Si. The van der Waals surface area contributed by atoms with Crippen LogP contribution in [0.4, 0.5) is 0 Å². The van der Waals surface area contributed by atoms with Crippen LogP contribution in [0, 0.1) is 5.92 Å². The molecule has 1 N–H and O–H groups in total. The first-order chi connectivity index (χ1) is 11.4. The molecule has 1 saturated heterocycles. The Balaban J connectivity index is 2.14. The maximum absolute atomic E-state index is 12.7. The van der Waals surface area contributed by atoms with Gasteiger partial charge in [0.1, 0.15) is 5.37 Å². The van der Waals surface area contributed by atoms with Gasteiger partial charge in [0.05, 0.1) is 16.3 Å². The third kappa shape index (κ3) is 3.82. The first-order valence-corrected chi connectivity index (χ1v) is 13.5. The zero-order valence-corrected chi connectivity index (χ0v) is 18.7. The lowest BCUT2D eigenvalue weighted by Crippen LogP contribution is -2.62. The SMILES string of the molecule is CCCSC1=C(C(=O)O)N2C(=O)[C@@H]([C@H](C)O[Si](C)(C)C(C)(C)C)[C@H]2S1. The number of aliphatic carboxylic acids is 1. The summed E-state index contributed by atoms with van der Waals surface area (Å²) in [6, 6.07) is 0. The highest BCUT2D eigenvalue weighted by atomic mass is 32.2. The second kappa shape index (κ2) is 7.29. The molecule has 25 heavy (non-hydrogen) atoms. The van der Waals surface area contributed by atoms with E-state index in [4.69, 9.17) is 4.43 Å². The van der Waals surface area contributed by atoms with Crippen molar-refractivity contribution in [2.75, 3.05) is 5.75 Å². The minimum Gasteiger partial charge on any atom is -0.477 e. The number of fused-ring (bicyclic) bond motifs is 1. The highest BCUT2D eigenvalue weighted by Crippen LogP contribution is 2.54. The Morgan fingerprint density at radius 2 is 2.04 bits per heavy atom. The molecule has 0 aromatic heterocycles. The van der Waals surface area contributed by atoms with Gasteiger partial charge in [-0.15, -0.1) is 11.8 Å². The van der Waals surface area contributed by atoms with Gasteiger partial charge in [-0.05, 0) is 37.2 Å². The fourth-order valence-corrected chi connectivity index (χ4v) is 7.02. The maximum Gasteiger partial charge on any atom is 0.354 e. The van der Waals surface area contributed by atoms with E-state index in [2.05, 4.69) is 40.8 Å². The van der Waals surface area contributed by atoms with Gasteiger partial charge in [-0.2, -0.15) is 0 Å². The minimum atomic E-state index is -1.98. The third-order valence-electron chi connectivity index (χ3n) is 5.18. The molecule has 0 aromatic rings. The van der Waals surface area contributed by atoms with Gasteiger partial charge in [-0.3, -0.25) is 9.69 Å². The van der Waals surface area contributed by atoms with Crippen molar-refractivity contribution in [2.45, 2.75) is 70.6 Å². The van der Waals surface area contributed by atoms with Gasteiger partial charge in [-0.1, -0.05) is 39.5 Å². The van der Waals surface area contributed by atoms with Gasteiger partial charge in [-0.25, -0.2) is 4.79 Å². The normalized spacial score (nSPS) is 25.1. The molecule has 3 atom stereocenters. The average molecular weight is 404 g/mol. The van der Waals surface area contributed by atoms with Gasteiger partial charge >= 0.3 is 5.97 Å². The molecule has 0 radical (unpaired) electrons. The summed E-state index contributed by atoms with van der Waals surface area (Å²) in [4.78, 5) is 25.8. The Labute approximate surface area is 160 Å². The lowest BCUT2D eigenvalue weighted by molar-refractivity contribution is -0.156. The number of carbonyl (C=O) groups is 2. The minimum absolute atomic E-state index is 0.0726. The first kappa shape index (κ1) is 20.9. The van der Waals surface area contributed by atoms with Crippen LogP contribution in [0.3, 0.4) is 0 Å². The summed E-state index contributed by atoms with van der Waals surface area (Å²) < 4.78 is 7.16. The van der Waals surface area contributed by atoms with Crippen LogP contribution < -0.4 is 0 Å². The molecule has 2 aliphatic rings. The Morgan fingerprint density at radius 1 is 1.44 bits per heavy atom. The summed E-state index contributed by atoms with van der Waals surface area (Å²) in [5.41, 5.74) is 0.161. The van der Waals surface area contributed by atoms with Gasteiger partial charge in [0, 0.05) is 0 Å². The van der Waals surface area contributed by atoms with Crippen LogP contribution in [0.25, 0.3) is 0 Å². The number of hydrogen-bond donors (Lipinski definition) is 1. The fourth-order valence-electron chi connectivity index (χ4n) is 2.75. The lowest BCUT2D eigenvalue weighted by Gasteiger charge is -2.48. The average Bonchev–Trinajstić information content (AvgIpc) is 2.77. The Bertz CT molecular complexity index is 600. The zero-order chi connectivity index (χ0) is 19.2. The zero-order valence-electron chi connectivity index (χ0n) is 16.1. The largest absolute Gasteiger partial charge is 0.477 e. The number of β-lactam (4-membered cyclic amide) rings is 1. The number of rotatable bonds is 7. The highest BCUT2D eigenvalue weighted by molar-refractivity contribution is 8.22. The molecule has 0 aromatic carbocycles. The van der Waals surface area contributed by atoms with Gasteiger partial charge in [0.15, 0.2) is 14.0 Å². The van der Waals surface area contributed by atoms with E-state index in [1.165, 1.54) is 28.4 Å². The summed E-state index contributed by atoms with van der Waals surface area (Å²) >= 11 is 3.05. The topological polar surface area (TPSA) is 66.8 Å². The summed E-state index contributed by atoms with van der Waals surface area (Å²) in [6.45, 7) is 14.9. The standard InChI is InChI=1S/C17H29NO4S2Si/c1-8-9-23-16-12(15(20)21)18-13(19)11(14(18)24-16)10(2)22-25(6,7)17(3,4)5/h10-11,14H,8-9H2,1-7H3,(H,20,21)/t10-,11+,14+/m0/s1. The van der Waals surface area contributed by atoms with Crippen molar-refractivity contribution in [1.82, 2.24) is 4.90 Å². The van der Waals surface area contributed by atoms with E-state index in [0.29, 0.717) is 0 Å². The molecule has 0 unspecified atom stereocenters. The van der Waals surface area contributed by atoms with Crippen molar-refractivity contribution in [1.29, 1.82) is 0 Å². The quantitative estimate of drug-likeness (QED) is 0.504. The van der Waals surface area contributed by atoms with E-state index >= 15 is 0 Å². The van der Waals surface area contributed by atoms with Gasteiger partial charge in [0.2, 0.25) is 5.91 Å². The molecule has 5 nitrogen and oxygen atoms in total. The van der Waals surface area contributed by atoms with E-state index in [-0.39, 0.29) is 34.0 Å². The first-order valence-electron chi connectivity index (χ1n) is 8.70. The summed E-state index contributed by atoms with van der Waals surface area (Å²) in [5, 5.41) is 9.47. The van der Waals surface area contributed by atoms with Gasteiger partial charge < -0.3 is 9.53 Å². The summed E-state index contributed by atoms with van der Waals surface area (Å²) in [6.07, 6.45) is 0.766. The van der Waals surface area contributed by atoms with E-state index in [1.807, 2.05) is 6.92 Å². The smallest absolute Gasteiger partial charge is 0.354 e. The second-order valence-electron chi connectivity index (χ2n) is 8.12. The molecule has 8 heteroatoms. The number of nitrogens with zero attached hydrogens (tertiary/aromatic N) is 1. The molecule has 0 spiro atoms. The number of thioether (sulfide) groups is 2. The molecule has 2 rings (SSSR count). The van der Waals surface area contributed by atoms with E-state index < -0.39 is 14.3 Å². The number of carboxylic acids is 1. The molecule has 142 valence electrons. The van der Waals surface area contributed by atoms with Crippen molar-refractivity contribution in [3.05, 3.63) is 9.93 Å². The predicted octanol–water partition coefficient (Wildman–Crippen LogP) is 4.32. The maximum atomic E-state index is 12.7. The van der Waals surface area contributed by atoms with E-state index in [9.17, 15) is 14.7 Å². The van der Waals surface area contributed by atoms with E-state index in [1.54, 1.807) is 0 Å². The molecule has 2 heterocycles. The number of hydrogen-bond acceptors (Lipinski definition) is 5. The van der Waals surface area contributed by atoms with Crippen LogP contribution >= 0.6 is 23.5 Å². The molecule has 2 aliphatic heterocycles. The van der Waals surface area contributed by atoms with Crippen LogP contribution in [-0.2, 0) is 14.0 Å². The second-order valence-corrected chi connectivity index (χ2v) is 15.4. The molecule has 1 fully saturated rings. The number of carbonyl (C=O) groups excluding carboxylic acids is 1. The monoisotopic (exact) mass is 403 g/mol. The molecule has 0 saturated carbocycles. The summed E-state index contributed by atoms with van der Waals surface area (Å²) in [5.74, 6) is -0.547. The highest BCUT2D eigenvalue weighted by Gasteiger charge is 2.59. The third-order valence-corrected chi connectivity index (χ3v) is 12.6. The summed E-state index contributed by atoms with van der Waals surface area (Å²) in [7, 11) is -1.98. The van der Waals surface area contributed by atoms with Crippen LogP contribution in [0.5, 0.6) is 0 Å². The molecule has 1 amide bonds. The number of amides is 1. The molecule has 0 bridgehead atoms. The van der Waals surface area contributed by atoms with Crippen molar-refractivity contribution in [2.24, 2.45) is 5.92 Å². The van der Waals surface area contributed by atoms with E-state index in [0.717, 1.165) is 16.4 Å². The number of carboxylic acid groups (broad SMARTS) is 1. The Morgan fingerprint density at radius 3 is 2.52 bits per heavy atom. The Kier molecular flexibility index (Phi) is 6.08. The van der Waals surface area contributed by atoms with Crippen LogP contribution in [-0.4, -0.2) is 47.4 Å². The molecular weight excluding hydrogens is 374 g/mol.